The van der Waals surface area contributed by atoms with Crippen LogP contribution in [0.25, 0.3) is 0 Å². The maximum absolute atomic E-state index is 11.4. The van der Waals surface area contributed by atoms with Gasteiger partial charge in [-0.15, -0.1) is 0 Å². The van der Waals surface area contributed by atoms with Gasteiger partial charge in [0.2, 0.25) is 0 Å². The van der Waals surface area contributed by atoms with Crippen molar-refractivity contribution in [2.45, 2.75) is 32.6 Å². The van der Waals surface area contributed by atoms with Crippen molar-refractivity contribution in [1.29, 1.82) is 0 Å². The minimum Gasteiger partial charge on any atom is -0.508 e. The lowest BCUT2D eigenvalue weighted by atomic mass is 9.76. The fourth-order valence-electron chi connectivity index (χ4n) is 1.97. The van der Waals surface area contributed by atoms with Crippen LogP contribution < -0.4 is 0 Å². The van der Waals surface area contributed by atoms with Crippen LogP contribution in [0.5, 0.6) is 5.75 Å². The van der Waals surface area contributed by atoms with Crippen molar-refractivity contribution in [1.82, 2.24) is 0 Å². The Labute approximate surface area is 95.7 Å². The molecule has 1 atom stereocenters. The number of hydrogen-bond donors (Lipinski definition) is 2. The fraction of sp³-hybridized carbons (Fsp3) is 0.462. The minimum atomic E-state index is -0.887. The molecule has 0 saturated carbocycles. The Kier molecular flexibility index (Phi) is 3.58. The molecule has 0 radical (unpaired) electrons. The second kappa shape index (κ2) is 4.56. The van der Waals surface area contributed by atoms with E-state index in [2.05, 4.69) is 0 Å². The number of phenols is 1. The van der Waals surface area contributed by atoms with Crippen molar-refractivity contribution in [3.63, 3.8) is 0 Å². The van der Waals surface area contributed by atoms with Gasteiger partial charge in [-0.05, 0) is 37.0 Å². The van der Waals surface area contributed by atoms with Gasteiger partial charge in [0.25, 0.3) is 0 Å². The largest absolute Gasteiger partial charge is 0.508 e. The summed E-state index contributed by atoms with van der Waals surface area (Å²) in [4.78, 5) is 11.4. The number of carboxylic acids is 1. The highest BCUT2D eigenvalue weighted by Crippen LogP contribution is 2.32. The average molecular weight is 222 g/mol. The average Bonchev–Trinajstić information content (AvgIpc) is 2.17. The highest BCUT2D eigenvalue weighted by molar-refractivity contribution is 5.80. The van der Waals surface area contributed by atoms with E-state index in [1.807, 2.05) is 13.8 Å². The van der Waals surface area contributed by atoms with Crippen molar-refractivity contribution >= 4 is 5.97 Å². The number of aromatic hydroxyl groups is 1. The summed E-state index contributed by atoms with van der Waals surface area (Å²) >= 11 is 0. The maximum Gasteiger partial charge on any atom is 0.313 e. The summed E-state index contributed by atoms with van der Waals surface area (Å²) in [5, 5.41) is 18.5. The molecule has 3 heteroatoms. The molecule has 0 bridgehead atoms. The van der Waals surface area contributed by atoms with E-state index in [-0.39, 0.29) is 5.75 Å². The molecule has 0 heterocycles. The lowest BCUT2D eigenvalue weighted by molar-refractivity contribution is -0.143. The van der Waals surface area contributed by atoms with E-state index in [4.69, 9.17) is 0 Å². The standard InChI is InChI=1S/C13H18O3/c1-9(2)8-13(3,12(15)16)10-4-6-11(14)7-5-10/h4-7,9,14H,8H2,1-3H3,(H,15,16). The molecule has 0 amide bonds. The van der Waals surface area contributed by atoms with Crippen LogP contribution in [0, 0.1) is 5.92 Å². The predicted molar refractivity (Wildman–Crippen MR) is 62.5 cm³/mol. The molecule has 1 aromatic carbocycles. The highest BCUT2D eigenvalue weighted by atomic mass is 16.4. The van der Waals surface area contributed by atoms with Gasteiger partial charge in [0.1, 0.15) is 5.75 Å². The van der Waals surface area contributed by atoms with E-state index in [0.717, 1.165) is 5.56 Å². The van der Waals surface area contributed by atoms with Crippen molar-refractivity contribution in [2.24, 2.45) is 5.92 Å². The van der Waals surface area contributed by atoms with Crippen molar-refractivity contribution in [3.8, 4) is 5.75 Å². The molecular formula is C13H18O3. The van der Waals surface area contributed by atoms with Crippen LogP contribution in [0.15, 0.2) is 24.3 Å². The van der Waals surface area contributed by atoms with Gasteiger partial charge < -0.3 is 10.2 Å². The summed E-state index contributed by atoms with van der Waals surface area (Å²) < 4.78 is 0. The summed E-state index contributed by atoms with van der Waals surface area (Å²) in [5.41, 5.74) is -0.159. The Morgan fingerprint density at radius 3 is 2.19 bits per heavy atom. The first kappa shape index (κ1) is 12.6. The zero-order valence-electron chi connectivity index (χ0n) is 9.90. The van der Waals surface area contributed by atoms with E-state index in [9.17, 15) is 15.0 Å². The first-order valence-corrected chi connectivity index (χ1v) is 5.39. The minimum absolute atomic E-state index is 0.154. The van der Waals surface area contributed by atoms with Crippen molar-refractivity contribution in [2.75, 3.05) is 0 Å². The molecule has 0 aliphatic heterocycles. The number of phenolic OH excluding ortho intramolecular Hbond substituents is 1. The maximum atomic E-state index is 11.4. The van der Waals surface area contributed by atoms with E-state index in [1.54, 1.807) is 19.1 Å². The van der Waals surface area contributed by atoms with Gasteiger partial charge in [-0.2, -0.15) is 0 Å². The highest BCUT2D eigenvalue weighted by Gasteiger charge is 2.35. The Morgan fingerprint density at radius 1 is 1.31 bits per heavy atom. The van der Waals surface area contributed by atoms with E-state index in [1.165, 1.54) is 12.1 Å². The molecule has 0 spiro atoms. The van der Waals surface area contributed by atoms with Crippen LogP contribution in [-0.2, 0) is 10.2 Å². The third kappa shape index (κ3) is 2.54. The Morgan fingerprint density at radius 2 is 1.81 bits per heavy atom. The molecule has 88 valence electrons. The number of carbonyl (C=O) groups is 1. The summed E-state index contributed by atoms with van der Waals surface area (Å²) in [6.07, 6.45) is 0.576. The molecule has 1 unspecified atom stereocenters. The lowest BCUT2D eigenvalue weighted by Gasteiger charge is -2.27. The Balaban J connectivity index is 3.11. The van der Waals surface area contributed by atoms with Crippen LogP contribution >= 0.6 is 0 Å². The molecule has 2 N–H and O–H groups in total. The van der Waals surface area contributed by atoms with E-state index >= 15 is 0 Å². The number of benzene rings is 1. The summed E-state index contributed by atoms with van der Waals surface area (Å²) in [6, 6.07) is 6.39. The van der Waals surface area contributed by atoms with Gasteiger partial charge in [-0.3, -0.25) is 4.79 Å². The van der Waals surface area contributed by atoms with Crippen molar-refractivity contribution in [3.05, 3.63) is 29.8 Å². The zero-order chi connectivity index (χ0) is 12.3. The van der Waals surface area contributed by atoms with Crippen LogP contribution in [0.1, 0.15) is 32.8 Å². The Hall–Kier alpha value is -1.51. The molecular weight excluding hydrogens is 204 g/mol. The smallest absolute Gasteiger partial charge is 0.313 e. The fourth-order valence-corrected chi connectivity index (χ4v) is 1.97. The van der Waals surface area contributed by atoms with E-state index in [0.29, 0.717) is 12.3 Å². The van der Waals surface area contributed by atoms with Crippen LogP contribution in [0.2, 0.25) is 0 Å². The molecule has 1 aromatic rings. The normalized spacial score (nSPS) is 14.8. The summed E-state index contributed by atoms with van der Waals surface area (Å²) in [5.74, 6) is -0.372. The summed E-state index contributed by atoms with van der Waals surface area (Å²) in [7, 11) is 0. The second-order valence-corrected chi connectivity index (χ2v) is 4.78. The van der Waals surface area contributed by atoms with Crippen LogP contribution in [0.3, 0.4) is 0 Å². The molecule has 0 saturated heterocycles. The molecule has 0 aromatic heterocycles. The topological polar surface area (TPSA) is 57.5 Å². The number of hydrogen-bond acceptors (Lipinski definition) is 2. The van der Waals surface area contributed by atoms with Gasteiger partial charge in [0.15, 0.2) is 0 Å². The molecule has 1 rings (SSSR count). The number of carboxylic acid groups (broad SMARTS) is 1. The SMILES string of the molecule is CC(C)CC(C)(C(=O)O)c1ccc(O)cc1. The molecule has 16 heavy (non-hydrogen) atoms. The first-order valence-electron chi connectivity index (χ1n) is 5.39. The molecule has 0 aliphatic rings. The zero-order valence-corrected chi connectivity index (χ0v) is 9.90. The van der Waals surface area contributed by atoms with Gasteiger partial charge in [-0.25, -0.2) is 0 Å². The number of aliphatic carboxylic acids is 1. The molecule has 0 aliphatic carbocycles. The van der Waals surface area contributed by atoms with E-state index < -0.39 is 11.4 Å². The lowest BCUT2D eigenvalue weighted by Crippen LogP contribution is -2.33. The molecule has 3 nitrogen and oxygen atoms in total. The second-order valence-electron chi connectivity index (χ2n) is 4.78. The number of rotatable bonds is 4. The third-order valence-corrected chi connectivity index (χ3v) is 2.79. The van der Waals surface area contributed by atoms with Gasteiger partial charge in [0.05, 0.1) is 5.41 Å². The van der Waals surface area contributed by atoms with Crippen molar-refractivity contribution < 1.29 is 15.0 Å². The first-order chi connectivity index (χ1) is 7.36. The monoisotopic (exact) mass is 222 g/mol. The summed E-state index contributed by atoms with van der Waals surface area (Å²) in [6.45, 7) is 5.73. The van der Waals surface area contributed by atoms with Crippen LogP contribution in [-0.4, -0.2) is 16.2 Å². The molecule has 0 fully saturated rings. The van der Waals surface area contributed by atoms with Gasteiger partial charge >= 0.3 is 5.97 Å². The third-order valence-electron chi connectivity index (χ3n) is 2.79. The van der Waals surface area contributed by atoms with Gasteiger partial charge in [0, 0.05) is 0 Å². The van der Waals surface area contributed by atoms with Crippen LogP contribution in [0.4, 0.5) is 0 Å². The quantitative estimate of drug-likeness (QED) is 0.823. The Bertz CT molecular complexity index is 367. The van der Waals surface area contributed by atoms with Gasteiger partial charge in [-0.1, -0.05) is 26.0 Å². The predicted octanol–water partition coefficient (Wildman–Crippen LogP) is 2.78.